The van der Waals surface area contributed by atoms with Gasteiger partial charge in [-0.2, -0.15) is 0 Å². The quantitative estimate of drug-likeness (QED) is 0.647. The van der Waals surface area contributed by atoms with E-state index in [0.717, 1.165) is 50.1 Å². The Bertz CT molecular complexity index is 791. The Hall–Kier alpha value is -3.07. The summed E-state index contributed by atoms with van der Waals surface area (Å²) in [6.07, 6.45) is 1.64. The van der Waals surface area contributed by atoms with Crippen LogP contribution < -0.4 is 15.5 Å². The van der Waals surface area contributed by atoms with Crippen LogP contribution in [0.4, 0.5) is 21.6 Å². The van der Waals surface area contributed by atoms with Crippen LogP contribution in [-0.2, 0) is 0 Å². The lowest BCUT2D eigenvalue weighted by molar-refractivity contribution is -0.385. The molecule has 2 aromatic rings. The van der Waals surface area contributed by atoms with Crippen molar-refractivity contribution in [2.75, 3.05) is 36.4 Å². The number of nitrogens with one attached hydrogen (secondary N) is 2. The zero-order valence-corrected chi connectivity index (χ0v) is 13.2. The van der Waals surface area contributed by atoms with E-state index in [1.807, 2.05) is 6.07 Å². The number of benzene rings is 1. The molecule has 9 heteroatoms. The van der Waals surface area contributed by atoms with Crippen molar-refractivity contribution in [1.82, 2.24) is 10.3 Å². The largest absolute Gasteiger partial charge is 0.368 e. The molecule has 1 amide bonds. The van der Waals surface area contributed by atoms with E-state index >= 15 is 0 Å². The van der Waals surface area contributed by atoms with Crippen LogP contribution in [0.25, 0.3) is 0 Å². The molecule has 0 radical (unpaired) electrons. The molecule has 0 saturated carbocycles. The minimum atomic E-state index is -0.793. The van der Waals surface area contributed by atoms with Crippen LogP contribution in [0.15, 0.2) is 36.5 Å². The van der Waals surface area contributed by atoms with Gasteiger partial charge in [-0.1, -0.05) is 0 Å². The number of carbonyl (C=O) groups is 1. The second-order valence-corrected chi connectivity index (χ2v) is 5.51. The lowest BCUT2D eigenvalue weighted by Gasteiger charge is -2.29. The summed E-state index contributed by atoms with van der Waals surface area (Å²) in [5.41, 5.74) is 0.126. The Balaban J connectivity index is 1.74. The first-order chi connectivity index (χ1) is 12.0. The third-order valence-electron chi connectivity index (χ3n) is 3.87. The van der Waals surface area contributed by atoms with E-state index in [9.17, 15) is 19.3 Å². The van der Waals surface area contributed by atoms with Crippen molar-refractivity contribution in [2.45, 2.75) is 0 Å². The van der Waals surface area contributed by atoms with Gasteiger partial charge in [-0.3, -0.25) is 14.9 Å². The van der Waals surface area contributed by atoms with Gasteiger partial charge in [0.05, 0.1) is 22.9 Å². The fourth-order valence-electron chi connectivity index (χ4n) is 2.60. The van der Waals surface area contributed by atoms with Gasteiger partial charge in [0.2, 0.25) is 0 Å². The summed E-state index contributed by atoms with van der Waals surface area (Å²) in [4.78, 5) is 28.8. The third-order valence-corrected chi connectivity index (χ3v) is 3.87. The minimum Gasteiger partial charge on any atom is -0.368 e. The first-order valence-corrected chi connectivity index (χ1v) is 7.71. The molecule has 0 atom stereocenters. The topological polar surface area (TPSA) is 100 Å². The van der Waals surface area contributed by atoms with Crippen molar-refractivity contribution < 1.29 is 14.1 Å². The highest BCUT2D eigenvalue weighted by molar-refractivity contribution is 6.06. The van der Waals surface area contributed by atoms with Crippen LogP contribution in [0.1, 0.15) is 10.4 Å². The van der Waals surface area contributed by atoms with Crippen molar-refractivity contribution >= 4 is 23.1 Å². The number of aromatic nitrogens is 1. The molecule has 2 heterocycles. The summed E-state index contributed by atoms with van der Waals surface area (Å²) in [5, 5.41) is 16.7. The van der Waals surface area contributed by atoms with Crippen LogP contribution >= 0.6 is 0 Å². The molecule has 130 valence electrons. The summed E-state index contributed by atoms with van der Waals surface area (Å²) in [7, 11) is 0. The number of pyridine rings is 1. The van der Waals surface area contributed by atoms with Gasteiger partial charge >= 0.3 is 0 Å². The van der Waals surface area contributed by atoms with Crippen molar-refractivity contribution in [3.63, 3.8) is 0 Å². The highest BCUT2D eigenvalue weighted by Gasteiger charge is 2.21. The summed E-state index contributed by atoms with van der Waals surface area (Å²) >= 11 is 0. The molecule has 0 aliphatic carbocycles. The highest BCUT2D eigenvalue weighted by Crippen LogP contribution is 2.21. The monoisotopic (exact) mass is 345 g/mol. The number of amides is 1. The maximum Gasteiger partial charge on any atom is 0.285 e. The molecule has 0 bridgehead atoms. The van der Waals surface area contributed by atoms with Gasteiger partial charge in [0.1, 0.15) is 17.2 Å². The van der Waals surface area contributed by atoms with Crippen molar-refractivity contribution in [3.05, 3.63) is 58.0 Å². The Labute approximate surface area is 142 Å². The number of nitro groups is 1. The second-order valence-electron chi connectivity index (χ2n) is 5.51. The Kier molecular flexibility index (Phi) is 4.85. The third kappa shape index (κ3) is 3.89. The number of nitro benzene ring substituents is 1. The predicted octanol–water partition coefficient (Wildman–Crippen LogP) is 1.79. The summed E-state index contributed by atoms with van der Waals surface area (Å²) in [6.45, 7) is 3.53. The molecular weight excluding hydrogens is 329 g/mol. The molecule has 2 N–H and O–H groups in total. The molecule has 25 heavy (non-hydrogen) atoms. The van der Waals surface area contributed by atoms with Crippen LogP contribution in [0.2, 0.25) is 0 Å². The van der Waals surface area contributed by atoms with E-state index in [4.69, 9.17) is 0 Å². The van der Waals surface area contributed by atoms with Crippen LogP contribution in [0.3, 0.4) is 0 Å². The number of hydrogen-bond donors (Lipinski definition) is 2. The lowest BCUT2D eigenvalue weighted by atomic mass is 10.1. The van der Waals surface area contributed by atoms with Crippen molar-refractivity contribution in [3.8, 4) is 0 Å². The molecule has 0 spiro atoms. The van der Waals surface area contributed by atoms with Gasteiger partial charge in [0, 0.05) is 26.2 Å². The first kappa shape index (κ1) is 16.8. The average Bonchev–Trinajstić information content (AvgIpc) is 2.63. The summed E-state index contributed by atoms with van der Waals surface area (Å²) < 4.78 is 13.2. The number of halogens is 1. The Morgan fingerprint density at radius 1 is 1.28 bits per heavy atom. The van der Waals surface area contributed by atoms with Crippen LogP contribution in [0, 0.1) is 15.9 Å². The number of anilines is 2. The van der Waals surface area contributed by atoms with Crippen LogP contribution in [0.5, 0.6) is 0 Å². The van der Waals surface area contributed by atoms with Gasteiger partial charge in [0.15, 0.2) is 0 Å². The molecule has 8 nitrogen and oxygen atoms in total. The smallest absolute Gasteiger partial charge is 0.285 e. The van der Waals surface area contributed by atoms with Crippen molar-refractivity contribution in [1.29, 1.82) is 0 Å². The Morgan fingerprint density at radius 2 is 2.04 bits per heavy atom. The van der Waals surface area contributed by atoms with Gasteiger partial charge in [-0.25, -0.2) is 9.37 Å². The lowest BCUT2D eigenvalue weighted by Crippen LogP contribution is -2.43. The zero-order valence-electron chi connectivity index (χ0n) is 13.2. The van der Waals surface area contributed by atoms with E-state index in [-0.39, 0.29) is 11.4 Å². The molecule has 1 aromatic heterocycles. The predicted molar refractivity (Wildman–Crippen MR) is 90.3 cm³/mol. The number of hydrogen-bond acceptors (Lipinski definition) is 6. The number of piperazine rings is 1. The maximum atomic E-state index is 13.2. The Morgan fingerprint density at radius 3 is 2.68 bits per heavy atom. The molecule has 0 unspecified atom stereocenters. The fraction of sp³-hybridized carbons (Fsp3) is 0.250. The molecule has 1 aliphatic heterocycles. The molecule has 1 aromatic carbocycles. The second kappa shape index (κ2) is 7.22. The molecule has 3 rings (SSSR count). The molecule has 1 fully saturated rings. The zero-order chi connectivity index (χ0) is 17.8. The van der Waals surface area contributed by atoms with E-state index in [1.54, 1.807) is 12.3 Å². The molecule has 1 saturated heterocycles. The van der Waals surface area contributed by atoms with Gasteiger partial charge < -0.3 is 15.5 Å². The highest BCUT2D eigenvalue weighted by atomic mass is 19.1. The standard InChI is InChI=1S/C16H16FN5O3/c17-11-1-3-13(14(9-11)22(24)25)16(23)20-15-4-2-12(10-19-15)21-7-5-18-6-8-21/h1-4,9-10,18H,5-8H2,(H,19,20,23). The van der Waals surface area contributed by atoms with Crippen LogP contribution in [-0.4, -0.2) is 42.0 Å². The average molecular weight is 345 g/mol. The SMILES string of the molecule is O=C(Nc1ccc(N2CCNCC2)cn1)c1ccc(F)cc1[N+](=O)[O-]. The minimum absolute atomic E-state index is 0.223. The van der Waals surface area contributed by atoms with E-state index < -0.39 is 22.3 Å². The molecule has 1 aliphatic rings. The molecular formula is C16H16FN5O3. The van der Waals surface area contributed by atoms with E-state index in [1.165, 1.54) is 0 Å². The normalized spacial score (nSPS) is 14.2. The number of carbonyl (C=O) groups excluding carboxylic acids is 1. The fourth-order valence-corrected chi connectivity index (χ4v) is 2.60. The maximum absolute atomic E-state index is 13.2. The van der Waals surface area contributed by atoms with Gasteiger partial charge in [-0.05, 0) is 24.3 Å². The summed E-state index contributed by atoms with van der Waals surface area (Å²) in [6, 6.07) is 6.26. The number of nitrogens with zero attached hydrogens (tertiary/aromatic N) is 3. The van der Waals surface area contributed by atoms with Crippen molar-refractivity contribution in [2.24, 2.45) is 0 Å². The summed E-state index contributed by atoms with van der Waals surface area (Å²) in [5.74, 6) is -1.22. The van der Waals surface area contributed by atoms with E-state index in [2.05, 4.69) is 20.5 Å². The first-order valence-electron chi connectivity index (χ1n) is 7.71. The van der Waals surface area contributed by atoms with Gasteiger partial charge in [-0.15, -0.1) is 0 Å². The number of rotatable bonds is 4. The van der Waals surface area contributed by atoms with Gasteiger partial charge in [0.25, 0.3) is 11.6 Å². The van der Waals surface area contributed by atoms with E-state index in [0.29, 0.717) is 0 Å².